The van der Waals surface area contributed by atoms with Gasteiger partial charge in [0, 0.05) is 13.1 Å². The van der Waals surface area contributed by atoms with Gasteiger partial charge in [0.2, 0.25) is 5.91 Å². The minimum atomic E-state index is -0.222. The summed E-state index contributed by atoms with van der Waals surface area (Å²) < 4.78 is 0. The van der Waals surface area contributed by atoms with Crippen LogP contribution in [0, 0.1) is 0 Å². The molecule has 0 bridgehead atoms. The van der Waals surface area contributed by atoms with E-state index in [1.54, 1.807) is 0 Å². The second-order valence-corrected chi connectivity index (χ2v) is 4.43. The number of nitrogens with two attached hydrogens (primary N) is 1. The summed E-state index contributed by atoms with van der Waals surface area (Å²) in [5, 5.41) is 3.26. The summed E-state index contributed by atoms with van der Waals surface area (Å²) in [6, 6.07) is -0.155. The highest BCUT2D eigenvalue weighted by Crippen LogP contribution is 2.03. The maximum absolute atomic E-state index is 11.3. The molecular formula is C13H29N3O. The number of amides is 1. The minimum Gasteiger partial charge on any atom is -0.368 e. The van der Waals surface area contributed by atoms with Gasteiger partial charge in [-0.3, -0.25) is 4.79 Å². The van der Waals surface area contributed by atoms with Crippen LogP contribution in [0.25, 0.3) is 0 Å². The van der Waals surface area contributed by atoms with Gasteiger partial charge in [-0.15, -0.1) is 0 Å². The number of unbranched alkanes of at least 4 members (excludes halogenated alkanes) is 2. The van der Waals surface area contributed by atoms with E-state index in [9.17, 15) is 4.79 Å². The molecule has 3 N–H and O–H groups in total. The number of likely N-dealkylation sites (N-methyl/N-ethyl adjacent to an activating group) is 1. The molecule has 0 aliphatic carbocycles. The maximum Gasteiger partial charge on any atom is 0.234 e. The lowest BCUT2D eigenvalue weighted by atomic mass is 10.1. The fraction of sp³-hybridized carbons (Fsp3) is 0.923. The number of nitrogens with zero attached hydrogens (tertiary/aromatic N) is 1. The van der Waals surface area contributed by atoms with Crippen molar-refractivity contribution >= 4 is 5.91 Å². The van der Waals surface area contributed by atoms with Gasteiger partial charge in [-0.05, 0) is 19.5 Å². The van der Waals surface area contributed by atoms with E-state index < -0.39 is 0 Å². The third-order valence-electron chi connectivity index (χ3n) is 3.15. The lowest BCUT2D eigenvalue weighted by Gasteiger charge is -2.20. The second-order valence-electron chi connectivity index (χ2n) is 4.43. The van der Waals surface area contributed by atoms with E-state index in [2.05, 4.69) is 31.0 Å². The van der Waals surface area contributed by atoms with Crippen molar-refractivity contribution in [3.8, 4) is 0 Å². The first-order valence-electron chi connectivity index (χ1n) is 6.90. The minimum absolute atomic E-state index is 0.155. The van der Waals surface area contributed by atoms with E-state index in [0.29, 0.717) is 0 Å². The summed E-state index contributed by atoms with van der Waals surface area (Å²) in [6.45, 7) is 10.4. The van der Waals surface area contributed by atoms with Crippen LogP contribution in [0.15, 0.2) is 0 Å². The van der Waals surface area contributed by atoms with Crippen molar-refractivity contribution < 1.29 is 4.79 Å². The predicted octanol–water partition coefficient (Wildman–Crippen LogP) is 1.35. The zero-order valence-corrected chi connectivity index (χ0v) is 11.7. The summed E-state index contributed by atoms with van der Waals surface area (Å²) in [6.07, 6.45) is 4.27. The van der Waals surface area contributed by atoms with Crippen LogP contribution < -0.4 is 11.1 Å². The first kappa shape index (κ1) is 16.4. The molecule has 0 saturated heterocycles. The first-order valence-corrected chi connectivity index (χ1v) is 6.90. The largest absolute Gasteiger partial charge is 0.368 e. The van der Waals surface area contributed by atoms with Crippen molar-refractivity contribution in [2.24, 2.45) is 5.73 Å². The van der Waals surface area contributed by atoms with E-state index in [1.807, 2.05) is 0 Å². The summed E-state index contributed by atoms with van der Waals surface area (Å²) in [5.41, 5.74) is 5.39. The zero-order valence-electron chi connectivity index (χ0n) is 11.7. The molecule has 0 aromatic rings. The Morgan fingerprint density at radius 2 is 1.88 bits per heavy atom. The second kappa shape index (κ2) is 10.5. The number of hydrogen-bond donors (Lipinski definition) is 2. The summed E-state index contributed by atoms with van der Waals surface area (Å²) in [5.74, 6) is -0.222. The molecule has 0 saturated carbocycles. The third kappa shape index (κ3) is 8.16. The molecule has 102 valence electrons. The van der Waals surface area contributed by atoms with Crippen LogP contribution in [0.5, 0.6) is 0 Å². The van der Waals surface area contributed by atoms with Gasteiger partial charge >= 0.3 is 0 Å². The van der Waals surface area contributed by atoms with Gasteiger partial charge in [0.1, 0.15) is 0 Å². The van der Waals surface area contributed by atoms with E-state index in [4.69, 9.17) is 5.73 Å². The summed E-state index contributed by atoms with van der Waals surface area (Å²) in [7, 11) is 0. The van der Waals surface area contributed by atoms with Crippen LogP contribution >= 0.6 is 0 Å². The van der Waals surface area contributed by atoms with Crippen molar-refractivity contribution in [1.29, 1.82) is 0 Å². The molecule has 0 spiro atoms. The number of hydrogen-bond acceptors (Lipinski definition) is 3. The van der Waals surface area contributed by atoms with Crippen LogP contribution in [0.3, 0.4) is 0 Å². The van der Waals surface area contributed by atoms with Crippen LogP contribution in [0.2, 0.25) is 0 Å². The lowest BCUT2D eigenvalue weighted by Crippen LogP contribution is -2.44. The van der Waals surface area contributed by atoms with Crippen LogP contribution in [0.1, 0.15) is 46.5 Å². The Labute approximate surface area is 106 Å². The number of nitrogens with one attached hydrogen (secondary N) is 1. The molecule has 17 heavy (non-hydrogen) atoms. The molecule has 0 heterocycles. The highest BCUT2D eigenvalue weighted by molar-refractivity contribution is 5.79. The Kier molecular flexibility index (Phi) is 10.2. The molecule has 0 fully saturated rings. The fourth-order valence-electron chi connectivity index (χ4n) is 1.88. The molecule has 1 amide bonds. The molecule has 0 radical (unpaired) electrons. The standard InChI is InChI=1S/C13H29N3O/c1-4-7-8-9-12(13(14)17)15-10-11-16(5-2)6-3/h12,15H,4-11H2,1-3H3,(H2,14,17). The monoisotopic (exact) mass is 243 g/mol. The van der Waals surface area contributed by atoms with E-state index >= 15 is 0 Å². The molecule has 1 unspecified atom stereocenters. The van der Waals surface area contributed by atoms with Crippen molar-refractivity contribution in [3.63, 3.8) is 0 Å². The number of carbonyl (C=O) groups is 1. The first-order chi connectivity index (χ1) is 8.15. The molecule has 0 aromatic carbocycles. The van der Waals surface area contributed by atoms with Crippen LogP contribution in [0.4, 0.5) is 0 Å². The van der Waals surface area contributed by atoms with E-state index in [-0.39, 0.29) is 11.9 Å². The van der Waals surface area contributed by atoms with Gasteiger partial charge in [0.05, 0.1) is 6.04 Å². The Balaban J connectivity index is 3.80. The van der Waals surface area contributed by atoms with Gasteiger partial charge in [0.25, 0.3) is 0 Å². The summed E-state index contributed by atoms with van der Waals surface area (Å²) in [4.78, 5) is 13.6. The predicted molar refractivity (Wildman–Crippen MR) is 72.9 cm³/mol. The molecule has 4 heteroatoms. The van der Waals surface area contributed by atoms with Crippen molar-refractivity contribution in [2.45, 2.75) is 52.5 Å². The highest BCUT2D eigenvalue weighted by Gasteiger charge is 2.13. The van der Waals surface area contributed by atoms with E-state index in [0.717, 1.165) is 39.0 Å². The van der Waals surface area contributed by atoms with Gasteiger partial charge in [-0.25, -0.2) is 0 Å². The van der Waals surface area contributed by atoms with Gasteiger partial charge in [-0.1, -0.05) is 40.0 Å². The molecule has 0 aliphatic heterocycles. The summed E-state index contributed by atoms with van der Waals surface area (Å²) >= 11 is 0. The molecule has 0 rings (SSSR count). The van der Waals surface area contributed by atoms with Crippen LogP contribution in [-0.4, -0.2) is 43.0 Å². The smallest absolute Gasteiger partial charge is 0.234 e. The molecule has 0 aromatic heterocycles. The zero-order chi connectivity index (χ0) is 13.1. The number of primary amides is 1. The average molecular weight is 243 g/mol. The normalized spacial score (nSPS) is 12.9. The Bertz CT molecular complexity index is 193. The van der Waals surface area contributed by atoms with E-state index in [1.165, 1.54) is 12.8 Å². The Morgan fingerprint density at radius 3 is 2.35 bits per heavy atom. The maximum atomic E-state index is 11.3. The van der Waals surface area contributed by atoms with Gasteiger partial charge < -0.3 is 16.0 Å². The van der Waals surface area contributed by atoms with Crippen LogP contribution in [-0.2, 0) is 4.79 Å². The molecule has 4 nitrogen and oxygen atoms in total. The molecular weight excluding hydrogens is 214 g/mol. The molecule has 1 atom stereocenters. The van der Waals surface area contributed by atoms with Gasteiger partial charge in [-0.2, -0.15) is 0 Å². The number of carbonyl (C=O) groups excluding carboxylic acids is 1. The Morgan fingerprint density at radius 1 is 1.24 bits per heavy atom. The topological polar surface area (TPSA) is 58.4 Å². The SMILES string of the molecule is CCCCCC(NCCN(CC)CC)C(N)=O. The number of rotatable bonds is 11. The lowest BCUT2D eigenvalue weighted by molar-refractivity contribution is -0.120. The molecule has 0 aliphatic rings. The quantitative estimate of drug-likeness (QED) is 0.539. The Hall–Kier alpha value is -0.610. The third-order valence-corrected chi connectivity index (χ3v) is 3.15. The van der Waals surface area contributed by atoms with Crippen molar-refractivity contribution in [3.05, 3.63) is 0 Å². The van der Waals surface area contributed by atoms with Crippen molar-refractivity contribution in [1.82, 2.24) is 10.2 Å². The highest BCUT2D eigenvalue weighted by atomic mass is 16.1. The fourth-order valence-corrected chi connectivity index (χ4v) is 1.88. The van der Waals surface area contributed by atoms with Crippen molar-refractivity contribution in [2.75, 3.05) is 26.2 Å². The average Bonchev–Trinajstić information content (AvgIpc) is 2.32. The van der Waals surface area contributed by atoms with Gasteiger partial charge in [0.15, 0.2) is 0 Å².